The number of carbonyl (C=O) groups excluding carboxylic acids is 1. The van der Waals surface area contributed by atoms with Crippen molar-refractivity contribution >= 4 is 21.6 Å². The smallest absolute Gasteiger partial charge is 0.291 e. The summed E-state index contributed by atoms with van der Waals surface area (Å²) in [4.78, 5) is 12.6. The first-order valence-electron chi connectivity index (χ1n) is 9.19. The van der Waals surface area contributed by atoms with E-state index in [-0.39, 0.29) is 24.7 Å². The first kappa shape index (κ1) is 21.4. The van der Waals surface area contributed by atoms with E-state index in [0.717, 1.165) is 0 Å². The summed E-state index contributed by atoms with van der Waals surface area (Å²) in [5.74, 6) is 0.276. The molecule has 0 fully saturated rings. The minimum Gasteiger partial charge on any atom is -0.489 e. The van der Waals surface area contributed by atoms with Gasteiger partial charge in [0, 0.05) is 17.8 Å². The number of rotatable bonds is 10. The molecule has 7 nitrogen and oxygen atoms in total. The van der Waals surface area contributed by atoms with Crippen LogP contribution in [0.4, 0.5) is 5.69 Å². The largest absolute Gasteiger partial charge is 0.489 e. The van der Waals surface area contributed by atoms with Crippen molar-refractivity contribution in [2.45, 2.75) is 12.4 Å². The molecule has 156 valence electrons. The lowest BCUT2D eigenvalue weighted by Crippen LogP contribution is -2.25. The molecule has 1 heterocycles. The molecule has 0 unspecified atom stereocenters. The van der Waals surface area contributed by atoms with E-state index in [1.54, 1.807) is 30.3 Å². The van der Waals surface area contributed by atoms with E-state index in [1.165, 1.54) is 12.3 Å². The molecule has 0 saturated heterocycles. The summed E-state index contributed by atoms with van der Waals surface area (Å²) in [5, 5.41) is 2.74. The minimum absolute atomic E-state index is 0.159. The molecule has 3 aromatic rings. The third-order valence-electron chi connectivity index (χ3n) is 4.11. The molecule has 0 radical (unpaired) electrons. The maximum Gasteiger partial charge on any atom is 0.291 e. The van der Waals surface area contributed by atoms with E-state index < -0.39 is 15.9 Å². The van der Waals surface area contributed by atoms with E-state index in [0.29, 0.717) is 22.6 Å². The van der Waals surface area contributed by atoms with Gasteiger partial charge in [0.05, 0.1) is 12.0 Å². The number of anilines is 1. The van der Waals surface area contributed by atoms with E-state index in [4.69, 9.17) is 9.15 Å². The van der Waals surface area contributed by atoms with Crippen LogP contribution in [0.15, 0.2) is 84.0 Å². The van der Waals surface area contributed by atoms with Gasteiger partial charge in [0.15, 0.2) is 5.76 Å². The Balaban J connectivity index is 1.60. The number of sulfonamides is 1. The highest BCUT2D eigenvalue weighted by molar-refractivity contribution is 7.88. The van der Waals surface area contributed by atoms with Crippen molar-refractivity contribution in [3.8, 4) is 5.75 Å². The molecular formula is C22H22N2O5S. The molecule has 0 atom stereocenters. The van der Waals surface area contributed by atoms with Crippen LogP contribution in [-0.2, 0) is 22.4 Å². The lowest BCUT2D eigenvalue weighted by Gasteiger charge is -2.08. The SMILES string of the molecule is C=CCNS(=O)(=O)Cc1ccc(NC(=O)c2occc2COc2ccccc2)cc1. The van der Waals surface area contributed by atoms with Crippen LogP contribution in [0.3, 0.4) is 0 Å². The van der Waals surface area contributed by atoms with Crippen LogP contribution in [0, 0.1) is 0 Å². The van der Waals surface area contributed by atoms with Crippen LogP contribution in [0.2, 0.25) is 0 Å². The van der Waals surface area contributed by atoms with Gasteiger partial charge >= 0.3 is 0 Å². The number of benzene rings is 2. The highest BCUT2D eigenvalue weighted by atomic mass is 32.2. The van der Waals surface area contributed by atoms with Crippen LogP contribution >= 0.6 is 0 Å². The van der Waals surface area contributed by atoms with Crippen molar-refractivity contribution in [1.29, 1.82) is 0 Å². The van der Waals surface area contributed by atoms with Crippen LogP contribution in [0.25, 0.3) is 0 Å². The molecule has 30 heavy (non-hydrogen) atoms. The van der Waals surface area contributed by atoms with Crippen molar-refractivity contribution < 1.29 is 22.4 Å². The lowest BCUT2D eigenvalue weighted by molar-refractivity contribution is 0.0993. The molecule has 0 aliphatic heterocycles. The second kappa shape index (κ2) is 9.91. The molecule has 0 saturated carbocycles. The van der Waals surface area contributed by atoms with Crippen molar-refractivity contribution in [3.05, 3.63) is 96.5 Å². The predicted molar refractivity (Wildman–Crippen MR) is 115 cm³/mol. The number of ether oxygens (including phenoxy) is 1. The summed E-state index contributed by atoms with van der Waals surface area (Å²) >= 11 is 0. The third kappa shape index (κ3) is 6.07. The summed E-state index contributed by atoms with van der Waals surface area (Å²) in [5.41, 5.74) is 1.73. The molecular weight excluding hydrogens is 404 g/mol. The third-order valence-corrected chi connectivity index (χ3v) is 5.43. The molecule has 0 spiro atoms. The fourth-order valence-corrected chi connectivity index (χ4v) is 3.76. The second-order valence-corrected chi connectivity index (χ2v) is 8.23. The zero-order valence-electron chi connectivity index (χ0n) is 16.2. The van der Waals surface area contributed by atoms with Gasteiger partial charge in [0.25, 0.3) is 5.91 Å². The molecule has 0 aliphatic carbocycles. The zero-order valence-corrected chi connectivity index (χ0v) is 17.0. The van der Waals surface area contributed by atoms with Gasteiger partial charge in [-0.1, -0.05) is 36.4 Å². The van der Waals surface area contributed by atoms with Gasteiger partial charge in [0.1, 0.15) is 12.4 Å². The van der Waals surface area contributed by atoms with E-state index in [2.05, 4.69) is 16.6 Å². The normalized spacial score (nSPS) is 11.1. The number of carbonyl (C=O) groups is 1. The topological polar surface area (TPSA) is 97.6 Å². The molecule has 2 N–H and O–H groups in total. The van der Waals surface area contributed by atoms with Crippen LogP contribution in [0.1, 0.15) is 21.7 Å². The monoisotopic (exact) mass is 426 g/mol. The van der Waals surface area contributed by atoms with Crippen molar-refractivity contribution in [2.24, 2.45) is 0 Å². The first-order valence-corrected chi connectivity index (χ1v) is 10.8. The Bertz CT molecular complexity index is 1090. The Hall–Kier alpha value is -3.36. The average molecular weight is 426 g/mol. The number of hydrogen-bond acceptors (Lipinski definition) is 5. The first-order chi connectivity index (χ1) is 14.5. The van der Waals surface area contributed by atoms with E-state index in [1.807, 2.05) is 30.3 Å². The van der Waals surface area contributed by atoms with Crippen LogP contribution < -0.4 is 14.8 Å². The quantitative estimate of drug-likeness (QED) is 0.482. The molecule has 2 aromatic carbocycles. The fourth-order valence-electron chi connectivity index (χ4n) is 2.65. The Kier molecular flexibility index (Phi) is 7.05. The van der Waals surface area contributed by atoms with Crippen molar-refractivity contribution in [1.82, 2.24) is 4.72 Å². The van der Waals surface area contributed by atoms with Gasteiger partial charge in [-0.05, 0) is 35.9 Å². The molecule has 8 heteroatoms. The van der Waals surface area contributed by atoms with Gasteiger partial charge < -0.3 is 14.5 Å². The second-order valence-electron chi connectivity index (χ2n) is 6.42. The number of nitrogens with one attached hydrogen (secondary N) is 2. The molecule has 1 aromatic heterocycles. The van der Waals surface area contributed by atoms with Crippen LogP contribution in [0.5, 0.6) is 5.75 Å². The Morgan fingerprint density at radius 2 is 1.80 bits per heavy atom. The van der Waals surface area contributed by atoms with Gasteiger partial charge in [-0.2, -0.15) is 0 Å². The number of para-hydroxylation sites is 1. The highest BCUT2D eigenvalue weighted by Gasteiger charge is 2.17. The maximum atomic E-state index is 12.6. The molecule has 0 bridgehead atoms. The summed E-state index contributed by atoms with van der Waals surface area (Å²) in [7, 11) is -3.44. The van der Waals surface area contributed by atoms with Gasteiger partial charge in [0.2, 0.25) is 10.0 Å². The van der Waals surface area contributed by atoms with Crippen LogP contribution in [-0.4, -0.2) is 20.9 Å². The average Bonchev–Trinajstić information content (AvgIpc) is 3.22. The molecule has 3 rings (SSSR count). The van der Waals surface area contributed by atoms with Gasteiger partial charge in [-0.25, -0.2) is 13.1 Å². The van der Waals surface area contributed by atoms with Crippen molar-refractivity contribution in [2.75, 3.05) is 11.9 Å². The predicted octanol–water partition coefficient (Wildman–Crippen LogP) is 3.72. The Labute approximate surface area is 175 Å². The van der Waals surface area contributed by atoms with E-state index >= 15 is 0 Å². The number of amides is 1. The molecule has 0 aliphatic rings. The minimum atomic E-state index is -3.44. The lowest BCUT2D eigenvalue weighted by atomic mass is 10.2. The van der Waals surface area contributed by atoms with Gasteiger partial charge in [-0.3, -0.25) is 4.79 Å². The maximum absolute atomic E-state index is 12.6. The Morgan fingerprint density at radius 3 is 2.50 bits per heavy atom. The fraction of sp³-hybridized carbons (Fsp3) is 0.136. The summed E-state index contributed by atoms with van der Waals surface area (Å²) in [6.45, 7) is 3.85. The Morgan fingerprint density at radius 1 is 1.07 bits per heavy atom. The van der Waals surface area contributed by atoms with Gasteiger partial charge in [-0.15, -0.1) is 6.58 Å². The standard InChI is InChI=1S/C22H22N2O5S/c1-2-13-23-30(26,27)16-17-8-10-19(11-9-17)24-22(25)21-18(12-14-28-21)15-29-20-6-4-3-5-7-20/h2-12,14,23H,1,13,15-16H2,(H,24,25). The highest BCUT2D eigenvalue weighted by Crippen LogP contribution is 2.18. The molecule has 1 amide bonds. The summed E-state index contributed by atoms with van der Waals surface area (Å²) in [6, 6.07) is 17.5. The number of hydrogen-bond donors (Lipinski definition) is 2. The summed E-state index contributed by atoms with van der Waals surface area (Å²) in [6.07, 6.45) is 2.91. The summed E-state index contributed by atoms with van der Waals surface area (Å²) < 4.78 is 37.3. The van der Waals surface area contributed by atoms with E-state index in [9.17, 15) is 13.2 Å². The number of furan rings is 1. The van der Waals surface area contributed by atoms with Crippen molar-refractivity contribution in [3.63, 3.8) is 0 Å². The zero-order chi connectivity index (χ0) is 21.4.